The number of hydrogen-bond acceptors (Lipinski definition) is 5. The molecule has 0 aromatic heterocycles. The van der Waals surface area contributed by atoms with Gasteiger partial charge < -0.3 is 14.2 Å². The number of halogens is 2. The first-order valence-electron chi connectivity index (χ1n) is 8.19. The topological polar surface area (TPSA) is 61.8 Å². The van der Waals surface area contributed by atoms with Crippen LogP contribution in [-0.4, -0.2) is 24.5 Å². The molecule has 0 N–H and O–H groups in total. The van der Waals surface area contributed by atoms with Crippen LogP contribution >= 0.6 is 23.2 Å². The molecule has 0 spiro atoms. The predicted molar refractivity (Wildman–Crippen MR) is 103 cm³/mol. The Labute approximate surface area is 166 Å². The van der Waals surface area contributed by atoms with Crippen molar-refractivity contribution in [2.24, 2.45) is 0 Å². The second-order valence-electron chi connectivity index (χ2n) is 6.10. The maximum atomic E-state index is 12.5. The lowest BCUT2D eigenvalue weighted by Gasteiger charge is -2.09. The zero-order chi connectivity index (χ0) is 19.6. The second-order valence-corrected chi connectivity index (χ2v) is 6.91. The van der Waals surface area contributed by atoms with Gasteiger partial charge in [-0.2, -0.15) is 0 Å². The zero-order valence-corrected chi connectivity index (χ0v) is 16.1. The van der Waals surface area contributed by atoms with E-state index >= 15 is 0 Å². The van der Waals surface area contributed by atoms with Crippen molar-refractivity contribution in [2.45, 2.75) is 20.0 Å². The number of allylic oxidation sites excluding steroid dienone is 1. The number of ether oxygens (including phenoxy) is 3. The molecule has 1 aliphatic heterocycles. The summed E-state index contributed by atoms with van der Waals surface area (Å²) in [6, 6.07) is 9.78. The fraction of sp³-hybridized carbons (Fsp3) is 0.200. The van der Waals surface area contributed by atoms with Crippen LogP contribution in [0, 0.1) is 0 Å². The Hall–Kier alpha value is -2.50. The van der Waals surface area contributed by atoms with Crippen molar-refractivity contribution in [2.75, 3.05) is 6.61 Å². The molecule has 2 aromatic rings. The van der Waals surface area contributed by atoms with E-state index < -0.39 is 5.97 Å². The molecule has 3 rings (SSSR count). The molecule has 0 saturated heterocycles. The van der Waals surface area contributed by atoms with Crippen molar-refractivity contribution in [3.63, 3.8) is 0 Å². The molecule has 0 amide bonds. The van der Waals surface area contributed by atoms with Gasteiger partial charge in [0.25, 0.3) is 0 Å². The van der Waals surface area contributed by atoms with Crippen molar-refractivity contribution in [1.29, 1.82) is 0 Å². The lowest BCUT2D eigenvalue weighted by Crippen LogP contribution is -2.18. The van der Waals surface area contributed by atoms with Crippen molar-refractivity contribution in [3.05, 3.63) is 63.3 Å². The molecule has 2 aromatic carbocycles. The van der Waals surface area contributed by atoms with Crippen LogP contribution in [-0.2, 0) is 9.53 Å². The summed E-state index contributed by atoms with van der Waals surface area (Å²) >= 11 is 11.9. The first-order valence-corrected chi connectivity index (χ1v) is 8.94. The summed E-state index contributed by atoms with van der Waals surface area (Å²) < 4.78 is 16.0. The van der Waals surface area contributed by atoms with Gasteiger partial charge in [0, 0.05) is 6.07 Å². The van der Waals surface area contributed by atoms with E-state index in [1.807, 2.05) is 0 Å². The van der Waals surface area contributed by atoms with Crippen molar-refractivity contribution in [3.8, 4) is 11.5 Å². The standard InChI is InChI=1S/C20H16Cl2O5/c1-11(2)26-19(23)10-25-13-4-5-14-17(9-13)27-18(20(14)24)8-12-3-6-15(21)16(22)7-12/h3-9,11H,10H2,1-2H3. The molecule has 140 valence electrons. The van der Waals surface area contributed by atoms with E-state index in [-0.39, 0.29) is 24.3 Å². The third kappa shape index (κ3) is 4.62. The molecular weight excluding hydrogens is 391 g/mol. The van der Waals surface area contributed by atoms with Crippen LogP contribution in [0.2, 0.25) is 10.0 Å². The third-order valence-corrected chi connectivity index (χ3v) is 4.35. The maximum absolute atomic E-state index is 12.5. The van der Waals surface area contributed by atoms with Gasteiger partial charge in [-0.15, -0.1) is 0 Å². The Morgan fingerprint density at radius 2 is 1.93 bits per heavy atom. The van der Waals surface area contributed by atoms with Crippen molar-refractivity contribution < 1.29 is 23.8 Å². The Balaban J connectivity index is 1.74. The number of ketones is 1. The molecule has 0 saturated carbocycles. The molecule has 0 bridgehead atoms. The molecule has 27 heavy (non-hydrogen) atoms. The largest absolute Gasteiger partial charge is 0.482 e. The van der Waals surface area contributed by atoms with Gasteiger partial charge in [-0.3, -0.25) is 4.79 Å². The predicted octanol–water partition coefficient (Wildman–Crippen LogP) is 4.94. The van der Waals surface area contributed by atoms with E-state index in [1.165, 1.54) is 0 Å². The van der Waals surface area contributed by atoms with E-state index in [0.29, 0.717) is 32.7 Å². The molecule has 0 radical (unpaired) electrons. The van der Waals surface area contributed by atoms with Crippen LogP contribution < -0.4 is 9.47 Å². The molecule has 7 heteroatoms. The average Bonchev–Trinajstić information content (AvgIpc) is 2.91. The Kier molecular flexibility index (Phi) is 5.73. The number of benzene rings is 2. The molecule has 5 nitrogen and oxygen atoms in total. The summed E-state index contributed by atoms with van der Waals surface area (Å²) in [5, 5.41) is 0.816. The van der Waals surface area contributed by atoms with E-state index in [1.54, 1.807) is 56.3 Å². The van der Waals surface area contributed by atoms with Gasteiger partial charge in [-0.1, -0.05) is 29.3 Å². The highest BCUT2D eigenvalue weighted by Gasteiger charge is 2.28. The van der Waals surface area contributed by atoms with Crippen LogP contribution in [0.5, 0.6) is 11.5 Å². The van der Waals surface area contributed by atoms with Gasteiger partial charge in [-0.05, 0) is 49.8 Å². The highest BCUT2D eigenvalue weighted by Crippen LogP contribution is 2.35. The number of esters is 1. The number of rotatable bonds is 5. The van der Waals surface area contributed by atoms with E-state index in [9.17, 15) is 9.59 Å². The molecule has 1 aliphatic rings. The van der Waals surface area contributed by atoms with Crippen molar-refractivity contribution >= 4 is 41.0 Å². The van der Waals surface area contributed by atoms with Crippen LogP contribution in [0.25, 0.3) is 6.08 Å². The Morgan fingerprint density at radius 1 is 1.15 bits per heavy atom. The molecular formula is C20H16Cl2O5. The van der Waals surface area contributed by atoms with Crippen LogP contribution in [0.4, 0.5) is 0 Å². The maximum Gasteiger partial charge on any atom is 0.344 e. The summed E-state index contributed by atoms with van der Waals surface area (Å²) in [5.41, 5.74) is 1.10. The lowest BCUT2D eigenvalue weighted by atomic mass is 10.1. The van der Waals surface area contributed by atoms with E-state index in [0.717, 1.165) is 0 Å². The van der Waals surface area contributed by atoms with Crippen LogP contribution in [0.15, 0.2) is 42.2 Å². The van der Waals surface area contributed by atoms with Gasteiger partial charge >= 0.3 is 5.97 Å². The molecule has 0 fully saturated rings. The van der Waals surface area contributed by atoms with Gasteiger partial charge in [0.05, 0.1) is 21.7 Å². The summed E-state index contributed by atoms with van der Waals surface area (Å²) in [7, 11) is 0. The number of carbonyl (C=O) groups excluding carboxylic acids is 2. The fourth-order valence-corrected chi connectivity index (χ4v) is 2.76. The van der Waals surface area contributed by atoms with E-state index in [2.05, 4.69) is 0 Å². The minimum atomic E-state index is -0.470. The van der Waals surface area contributed by atoms with Crippen molar-refractivity contribution in [1.82, 2.24) is 0 Å². The molecule has 0 atom stereocenters. The van der Waals surface area contributed by atoms with Gasteiger partial charge in [-0.25, -0.2) is 4.79 Å². The molecule has 0 unspecified atom stereocenters. The number of Topliss-reactive ketones (excluding diaryl/α,β-unsaturated/α-hetero) is 1. The summed E-state index contributed by atoms with van der Waals surface area (Å²) in [6.07, 6.45) is 1.38. The van der Waals surface area contributed by atoms with E-state index in [4.69, 9.17) is 37.4 Å². The number of carbonyl (C=O) groups is 2. The second kappa shape index (κ2) is 8.03. The third-order valence-electron chi connectivity index (χ3n) is 3.61. The van der Waals surface area contributed by atoms with Crippen LogP contribution in [0.1, 0.15) is 29.8 Å². The average molecular weight is 407 g/mol. The Morgan fingerprint density at radius 3 is 2.63 bits per heavy atom. The first kappa shape index (κ1) is 19.3. The minimum Gasteiger partial charge on any atom is -0.482 e. The fourth-order valence-electron chi connectivity index (χ4n) is 2.45. The normalized spacial score (nSPS) is 14.3. The summed E-state index contributed by atoms with van der Waals surface area (Å²) in [5.74, 6) is 0.211. The van der Waals surface area contributed by atoms with Crippen LogP contribution in [0.3, 0.4) is 0 Å². The highest BCUT2D eigenvalue weighted by atomic mass is 35.5. The lowest BCUT2D eigenvalue weighted by molar-refractivity contribution is -0.149. The monoisotopic (exact) mass is 406 g/mol. The van der Waals surface area contributed by atoms with Gasteiger partial charge in [0.15, 0.2) is 12.4 Å². The smallest absolute Gasteiger partial charge is 0.344 e. The molecule has 0 aliphatic carbocycles. The molecule has 1 heterocycles. The summed E-state index contributed by atoms with van der Waals surface area (Å²) in [4.78, 5) is 24.0. The number of hydrogen-bond donors (Lipinski definition) is 0. The SMILES string of the molecule is CC(C)OC(=O)COc1ccc2c(c1)OC(=Cc1ccc(Cl)c(Cl)c1)C2=O. The zero-order valence-electron chi connectivity index (χ0n) is 14.6. The highest BCUT2D eigenvalue weighted by molar-refractivity contribution is 6.42. The summed E-state index contributed by atoms with van der Waals surface area (Å²) in [6.45, 7) is 3.29. The van der Waals surface area contributed by atoms with Gasteiger partial charge in [0.1, 0.15) is 11.5 Å². The number of fused-ring (bicyclic) bond motifs is 1. The first-order chi connectivity index (χ1) is 12.8. The Bertz CT molecular complexity index is 934. The van der Waals surface area contributed by atoms with Gasteiger partial charge in [0.2, 0.25) is 5.78 Å². The minimum absolute atomic E-state index is 0.166. The quantitative estimate of drug-likeness (QED) is 0.519.